The number of carbonyl (C=O) groups excluding carboxylic acids is 1. The van der Waals surface area contributed by atoms with Gasteiger partial charge in [-0.3, -0.25) is 9.69 Å². The van der Waals surface area contributed by atoms with E-state index in [9.17, 15) is 4.79 Å². The highest BCUT2D eigenvalue weighted by molar-refractivity contribution is 5.76. The molecule has 2 saturated heterocycles. The van der Waals surface area contributed by atoms with Crippen LogP contribution in [0.25, 0.3) is 0 Å². The van der Waals surface area contributed by atoms with Gasteiger partial charge >= 0.3 is 0 Å². The number of likely N-dealkylation sites (tertiary alicyclic amines) is 1. The zero-order valence-electron chi connectivity index (χ0n) is 15.7. The van der Waals surface area contributed by atoms with Gasteiger partial charge in [-0.15, -0.1) is 0 Å². The first-order valence-electron chi connectivity index (χ1n) is 9.65. The highest BCUT2D eigenvalue weighted by Gasteiger charge is 2.41. The van der Waals surface area contributed by atoms with Crippen LogP contribution in [0, 0.1) is 6.92 Å². The van der Waals surface area contributed by atoms with Crippen LogP contribution in [0.5, 0.6) is 0 Å². The number of ether oxygens (including phenoxy) is 1. The number of fused-ring (bicyclic) bond motifs is 1. The van der Waals surface area contributed by atoms with E-state index in [-0.39, 0.29) is 18.1 Å². The zero-order chi connectivity index (χ0) is 18.6. The van der Waals surface area contributed by atoms with Crippen molar-refractivity contribution in [3.63, 3.8) is 0 Å². The van der Waals surface area contributed by atoms with Crippen LogP contribution in [-0.2, 0) is 22.5 Å². The lowest BCUT2D eigenvalue weighted by Crippen LogP contribution is -2.50. The molecule has 2 aliphatic heterocycles. The molecule has 2 atom stereocenters. The first kappa shape index (κ1) is 18.1. The Morgan fingerprint density at radius 3 is 2.89 bits per heavy atom. The van der Waals surface area contributed by atoms with Crippen molar-refractivity contribution in [1.29, 1.82) is 0 Å². The van der Waals surface area contributed by atoms with Crippen LogP contribution >= 0.6 is 0 Å². The van der Waals surface area contributed by atoms with Gasteiger partial charge in [0, 0.05) is 39.0 Å². The normalized spacial score (nSPS) is 22.8. The van der Waals surface area contributed by atoms with Crippen LogP contribution in [0.3, 0.4) is 0 Å². The Morgan fingerprint density at radius 2 is 2.11 bits per heavy atom. The van der Waals surface area contributed by atoms with E-state index in [4.69, 9.17) is 9.26 Å². The van der Waals surface area contributed by atoms with E-state index in [2.05, 4.69) is 39.3 Å². The van der Waals surface area contributed by atoms with Crippen LogP contribution in [0.2, 0.25) is 0 Å². The molecular weight excluding hydrogens is 344 g/mol. The van der Waals surface area contributed by atoms with Gasteiger partial charge in [0.25, 0.3) is 0 Å². The van der Waals surface area contributed by atoms with Crippen LogP contribution in [-0.4, -0.2) is 64.2 Å². The van der Waals surface area contributed by atoms with Crippen molar-refractivity contribution in [1.82, 2.24) is 19.9 Å². The summed E-state index contributed by atoms with van der Waals surface area (Å²) in [4.78, 5) is 21.2. The Bertz CT molecular complexity index is 764. The molecule has 1 amide bonds. The molecule has 2 aromatic rings. The molecule has 0 N–H and O–H groups in total. The second-order valence-electron chi connectivity index (χ2n) is 7.32. The fourth-order valence-electron chi connectivity index (χ4n) is 3.97. The molecule has 1 aromatic heterocycles. The Labute approximate surface area is 159 Å². The second-order valence-corrected chi connectivity index (χ2v) is 7.32. The first-order chi connectivity index (χ1) is 13.2. The molecule has 7 nitrogen and oxygen atoms in total. The van der Waals surface area contributed by atoms with Crippen molar-refractivity contribution in [2.75, 3.05) is 26.2 Å². The maximum atomic E-state index is 12.6. The molecule has 144 valence electrons. The van der Waals surface area contributed by atoms with E-state index in [1.807, 2.05) is 11.0 Å². The summed E-state index contributed by atoms with van der Waals surface area (Å²) < 4.78 is 11.1. The minimum Gasteiger partial charge on any atom is -0.373 e. The fraction of sp³-hybridized carbons (Fsp3) is 0.550. The van der Waals surface area contributed by atoms with Gasteiger partial charge in [0.1, 0.15) is 0 Å². The zero-order valence-corrected chi connectivity index (χ0v) is 15.7. The summed E-state index contributed by atoms with van der Waals surface area (Å²) in [5, 5.41) is 3.78. The number of amides is 1. The Morgan fingerprint density at radius 1 is 1.26 bits per heavy atom. The van der Waals surface area contributed by atoms with E-state index in [0.29, 0.717) is 31.1 Å². The number of morpholine rings is 1. The van der Waals surface area contributed by atoms with Gasteiger partial charge in [-0.05, 0) is 18.9 Å². The monoisotopic (exact) mass is 370 g/mol. The molecule has 0 spiro atoms. The Kier molecular flexibility index (Phi) is 5.50. The van der Waals surface area contributed by atoms with Crippen LogP contribution in [0.1, 0.15) is 30.1 Å². The number of aryl methyl sites for hydroxylation is 2. The minimum absolute atomic E-state index is 0.116. The van der Waals surface area contributed by atoms with Crippen molar-refractivity contribution in [2.24, 2.45) is 0 Å². The van der Waals surface area contributed by atoms with Gasteiger partial charge in [-0.25, -0.2) is 0 Å². The van der Waals surface area contributed by atoms with E-state index in [0.717, 1.165) is 32.7 Å². The smallest absolute Gasteiger partial charge is 0.226 e. The molecule has 0 saturated carbocycles. The van der Waals surface area contributed by atoms with Crippen molar-refractivity contribution >= 4 is 5.91 Å². The molecule has 7 heteroatoms. The van der Waals surface area contributed by atoms with Gasteiger partial charge in [0.05, 0.1) is 18.8 Å². The number of hydrogen-bond donors (Lipinski definition) is 0. The number of carbonyl (C=O) groups is 1. The molecular formula is C20H26N4O3. The van der Waals surface area contributed by atoms with Gasteiger partial charge in [-0.2, -0.15) is 4.98 Å². The van der Waals surface area contributed by atoms with E-state index >= 15 is 0 Å². The summed E-state index contributed by atoms with van der Waals surface area (Å²) in [6.45, 7) is 5.78. The number of nitrogens with zero attached hydrogens (tertiary/aromatic N) is 4. The van der Waals surface area contributed by atoms with Crippen LogP contribution < -0.4 is 0 Å². The summed E-state index contributed by atoms with van der Waals surface area (Å²) >= 11 is 0. The van der Waals surface area contributed by atoms with Gasteiger partial charge < -0.3 is 14.2 Å². The summed E-state index contributed by atoms with van der Waals surface area (Å²) in [7, 11) is 0. The molecule has 2 fully saturated rings. The molecule has 4 rings (SSSR count). The largest absolute Gasteiger partial charge is 0.373 e. The average Bonchev–Trinajstić information content (AvgIpc) is 3.29. The molecule has 27 heavy (non-hydrogen) atoms. The van der Waals surface area contributed by atoms with Crippen LogP contribution in [0.15, 0.2) is 34.9 Å². The molecule has 0 radical (unpaired) electrons. The van der Waals surface area contributed by atoms with Gasteiger partial charge in [0.15, 0.2) is 5.82 Å². The maximum absolute atomic E-state index is 12.6. The predicted octanol–water partition coefficient (Wildman–Crippen LogP) is 1.81. The standard InChI is InChI=1S/C20H26N4O3/c1-15-21-19(27-22-15)8-5-9-20(25)24-13-17-18(14-24)26-11-10-23(17)12-16-6-3-2-4-7-16/h2-4,6-7,17-18H,5,8-14H2,1H3/t17-,18-/m0/s1. The van der Waals surface area contributed by atoms with Crippen molar-refractivity contribution in [3.05, 3.63) is 47.6 Å². The van der Waals surface area contributed by atoms with Crippen LogP contribution in [0.4, 0.5) is 0 Å². The van der Waals surface area contributed by atoms with Crippen molar-refractivity contribution < 1.29 is 14.1 Å². The predicted molar refractivity (Wildman–Crippen MR) is 98.9 cm³/mol. The topological polar surface area (TPSA) is 71.7 Å². The molecule has 3 heterocycles. The Hall–Kier alpha value is -2.25. The molecule has 2 aliphatic rings. The average molecular weight is 370 g/mol. The summed E-state index contributed by atoms with van der Waals surface area (Å²) in [5.74, 6) is 1.42. The highest BCUT2D eigenvalue weighted by Crippen LogP contribution is 2.25. The molecule has 0 aliphatic carbocycles. The lowest BCUT2D eigenvalue weighted by Gasteiger charge is -2.36. The maximum Gasteiger partial charge on any atom is 0.226 e. The third kappa shape index (κ3) is 4.36. The number of hydrogen-bond acceptors (Lipinski definition) is 6. The Balaban J connectivity index is 1.30. The second kappa shape index (κ2) is 8.19. The highest BCUT2D eigenvalue weighted by atomic mass is 16.5. The minimum atomic E-state index is 0.116. The number of aromatic nitrogens is 2. The molecule has 0 bridgehead atoms. The number of benzene rings is 1. The number of rotatable bonds is 6. The van der Waals surface area contributed by atoms with Gasteiger partial charge in [0.2, 0.25) is 11.8 Å². The lowest BCUT2D eigenvalue weighted by molar-refractivity contribution is -0.130. The van der Waals surface area contributed by atoms with Crippen molar-refractivity contribution in [2.45, 2.75) is 44.9 Å². The van der Waals surface area contributed by atoms with Gasteiger partial charge in [-0.1, -0.05) is 35.5 Å². The fourth-order valence-corrected chi connectivity index (χ4v) is 3.97. The summed E-state index contributed by atoms with van der Waals surface area (Å²) in [6.07, 6.45) is 1.98. The summed E-state index contributed by atoms with van der Waals surface area (Å²) in [6, 6.07) is 10.8. The molecule has 0 unspecified atom stereocenters. The quantitative estimate of drug-likeness (QED) is 0.772. The third-order valence-corrected chi connectivity index (χ3v) is 5.35. The molecule has 1 aromatic carbocycles. The third-order valence-electron chi connectivity index (χ3n) is 5.35. The van der Waals surface area contributed by atoms with E-state index in [1.165, 1.54) is 5.56 Å². The summed E-state index contributed by atoms with van der Waals surface area (Å²) in [5.41, 5.74) is 1.30. The first-order valence-corrected chi connectivity index (χ1v) is 9.65. The van der Waals surface area contributed by atoms with E-state index < -0.39 is 0 Å². The van der Waals surface area contributed by atoms with Crippen molar-refractivity contribution in [3.8, 4) is 0 Å². The lowest BCUT2D eigenvalue weighted by atomic mass is 10.1. The van der Waals surface area contributed by atoms with E-state index in [1.54, 1.807) is 6.92 Å². The SMILES string of the molecule is Cc1noc(CCCC(=O)N2C[C@@H]3OCCN(Cc4ccccc4)[C@H]3C2)n1.